The summed E-state index contributed by atoms with van der Waals surface area (Å²) in [6.45, 7) is 3.70. The molecule has 0 saturated carbocycles. The molecule has 2 heterocycles. The highest BCUT2D eigenvalue weighted by Crippen LogP contribution is 2.27. The zero-order valence-electron chi connectivity index (χ0n) is 9.75. The summed E-state index contributed by atoms with van der Waals surface area (Å²) >= 11 is 13.2. The Morgan fingerprint density at radius 1 is 1.28 bits per heavy atom. The lowest BCUT2D eigenvalue weighted by atomic mass is 10.2. The molecule has 2 rings (SSSR count). The number of nitrogens with one attached hydrogen (secondary N) is 1. The molecule has 94 valence electrons. The number of carbonyl (C=O) groups excluding carboxylic acids is 1. The lowest BCUT2D eigenvalue weighted by molar-refractivity contribution is 0.102. The molecule has 2 aromatic rings. The number of nitrogens with zero attached hydrogens (tertiary/aromatic N) is 1. The number of halogens is 2. The summed E-state index contributed by atoms with van der Waals surface area (Å²) < 4.78 is 0. The van der Waals surface area contributed by atoms with Crippen molar-refractivity contribution in [3.05, 3.63) is 43.8 Å². The number of pyridine rings is 1. The van der Waals surface area contributed by atoms with E-state index < -0.39 is 0 Å². The average Bonchev–Trinajstić information content (AvgIpc) is 2.69. The molecule has 1 N–H and O–H groups in total. The van der Waals surface area contributed by atoms with Crippen LogP contribution in [-0.4, -0.2) is 10.9 Å². The second-order valence-corrected chi connectivity index (χ2v) is 5.34. The third kappa shape index (κ3) is 2.66. The zero-order chi connectivity index (χ0) is 13.3. The van der Waals surface area contributed by atoms with Crippen LogP contribution in [0.4, 0.5) is 5.69 Å². The maximum absolute atomic E-state index is 12.1. The minimum Gasteiger partial charge on any atom is -0.319 e. The molecule has 0 fully saturated rings. The molecule has 0 aliphatic carbocycles. The zero-order valence-corrected chi connectivity index (χ0v) is 12.1. The number of hydrogen-bond donors (Lipinski definition) is 1. The Morgan fingerprint density at radius 2 is 2.00 bits per heavy atom. The van der Waals surface area contributed by atoms with Gasteiger partial charge >= 0.3 is 0 Å². The first kappa shape index (κ1) is 13.3. The molecule has 0 atom stereocenters. The van der Waals surface area contributed by atoms with E-state index in [1.165, 1.54) is 11.3 Å². The summed E-state index contributed by atoms with van der Waals surface area (Å²) in [7, 11) is 0. The van der Waals surface area contributed by atoms with Crippen molar-refractivity contribution >= 4 is 46.1 Å². The minimum atomic E-state index is -0.192. The lowest BCUT2D eigenvalue weighted by Crippen LogP contribution is -2.13. The summed E-state index contributed by atoms with van der Waals surface area (Å²) in [6, 6.07) is 1.66. The van der Waals surface area contributed by atoms with Crippen LogP contribution < -0.4 is 5.32 Å². The standard InChI is InChI=1S/C12H10Cl2N2OS/c1-6-3-9(13)15-11(14)10(6)16-12(17)8-5-18-4-7(8)2/h3-5H,1-2H3,(H,16,17). The fourth-order valence-corrected chi connectivity index (χ4v) is 2.93. The van der Waals surface area contributed by atoms with Gasteiger partial charge in [0.2, 0.25) is 0 Å². The van der Waals surface area contributed by atoms with Crippen molar-refractivity contribution in [2.24, 2.45) is 0 Å². The Kier molecular flexibility index (Phi) is 3.90. The molecule has 0 spiro atoms. The van der Waals surface area contributed by atoms with Gasteiger partial charge in [0.1, 0.15) is 5.15 Å². The summed E-state index contributed by atoms with van der Waals surface area (Å²) in [4.78, 5) is 16.0. The molecule has 3 nitrogen and oxygen atoms in total. The smallest absolute Gasteiger partial charge is 0.256 e. The second kappa shape index (κ2) is 5.26. The van der Waals surface area contributed by atoms with Crippen molar-refractivity contribution < 1.29 is 4.79 Å². The first-order valence-corrected chi connectivity index (χ1v) is 6.85. The van der Waals surface area contributed by atoms with Gasteiger partial charge in [-0.05, 0) is 36.4 Å². The molecule has 6 heteroatoms. The molecule has 0 aliphatic heterocycles. The van der Waals surface area contributed by atoms with Crippen LogP contribution in [0, 0.1) is 13.8 Å². The summed E-state index contributed by atoms with van der Waals surface area (Å²) in [6.07, 6.45) is 0. The van der Waals surface area contributed by atoms with E-state index in [9.17, 15) is 4.79 Å². The van der Waals surface area contributed by atoms with Crippen LogP contribution in [0.3, 0.4) is 0 Å². The number of rotatable bonds is 2. The van der Waals surface area contributed by atoms with Crippen LogP contribution in [0.2, 0.25) is 10.3 Å². The molecule has 0 radical (unpaired) electrons. The number of hydrogen-bond acceptors (Lipinski definition) is 3. The van der Waals surface area contributed by atoms with Gasteiger partial charge in [0.25, 0.3) is 5.91 Å². The van der Waals surface area contributed by atoms with Gasteiger partial charge in [0.15, 0.2) is 5.15 Å². The van der Waals surface area contributed by atoms with Gasteiger partial charge in [-0.2, -0.15) is 11.3 Å². The predicted molar refractivity (Wildman–Crippen MR) is 76.0 cm³/mol. The number of amides is 1. The van der Waals surface area contributed by atoms with E-state index in [1.54, 1.807) is 11.4 Å². The quantitative estimate of drug-likeness (QED) is 0.839. The van der Waals surface area contributed by atoms with Gasteiger partial charge in [-0.3, -0.25) is 4.79 Å². The largest absolute Gasteiger partial charge is 0.319 e. The highest BCUT2D eigenvalue weighted by atomic mass is 35.5. The second-order valence-electron chi connectivity index (χ2n) is 3.85. The van der Waals surface area contributed by atoms with Crippen LogP contribution in [0.1, 0.15) is 21.5 Å². The Hall–Kier alpha value is -1.10. The molecule has 18 heavy (non-hydrogen) atoms. The van der Waals surface area contributed by atoms with E-state index in [4.69, 9.17) is 23.2 Å². The maximum Gasteiger partial charge on any atom is 0.256 e. The number of anilines is 1. The fraction of sp³-hybridized carbons (Fsp3) is 0.167. The molecular formula is C12H10Cl2N2OS. The molecule has 1 amide bonds. The highest BCUT2D eigenvalue weighted by molar-refractivity contribution is 7.08. The van der Waals surface area contributed by atoms with Crippen LogP contribution in [0.15, 0.2) is 16.8 Å². The van der Waals surface area contributed by atoms with Crippen molar-refractivity contribution in [3.8, 4) is 0 Å². The van der Waals surface area contributed by atoms with Crippen LogP contribution in [0.5, 0.6) is 0 Å². The first-order valence-electron chi connectivity index (χ1n) is 5.16. The molecule has 0 aliphatic rings. The lowest BCUT2D eigenvalue weighted by Gasteiger charge is -2.10. The Labute approximate surface area is 119 Å². The maximum atomic E-state index is 12.1. The molecule has 0 aromatic carbocycles. The third-order valence-corrected chi connectivity index (χ3v) is 3.81. The van der Waals surface area contributed by atoms with Crippen molar-refractivity contribution in [3.63, 3.8) is 0 Å². The SMILES string of the molecule is Cc1cscc1C(=O)Nc1c(C)cc(Cl)nc1Cl. The van der Waals surface area contributed by atoms with Crippen molar-refractivity contribution in [1.29, 1.82) is 0 Å². The topological polar surface area (TPSA) is 42.0 Å². The van der Waals surface area contributed by atoms with E-state index in [0.717, 1.165) is 11.1 Å². The minimum absolute atomic E-state index is 0.192. The number of aromatic nitrogens is 1. The van der Waals surface area contributed by atoms with Crippen LogP contribution in [-0.2, 0) is 0 Å². The van der Waals surface area contributed by atoms with E-state index in [1.807, 2.05) is 19.2 Å². The summed E-state index contributed by atoms with van der Waals surface area (Å²) in [5, 5.41) is 6.99. The molecule has 0 saturated heterocycles. The fourth-order valence-electron chi connectivity index (χ4n) is 1.52. The molecular weight excluding hydrogens is 291 g/mol. The number of carbonyl (C=O) groups is 1. The van der Waals surface area contributed by atoms with E-state index in [2.05, 4.69) is 10.3 Å². The van der Waals surface area contributed by atoms with E-state index >= 15 is 0 Å². The van der Waals surface area contributed by atoms with E-state index in [0.29, 0.717) is 16.4 Å². The van der Waals surface area contributed by atoms with Gasteiger partial charge in [-0.25, -0.2) is 4.98 Å². The third-order valence-electron chi connectivity index (χ3n) is 2.48. The van der Waals surface area contributed by atoms with Crippen molar-refractivity contribution in [2.45, 2.75) is 13.8 Å². The van der Waals surface area contributed by atoms with Gasteiger partial charge in [0.05, 0.1) is 11.3 Å². The van der Waals surface area contributed by atoms with Crippen LogP contribution >= 0.6 is 34.5 Å². The van der Waals surface area contributed by atoms with Crippen molar-refractivity contribution in [1.82, 2.24) is 4.98 Å². The number of thiophene rings is 1. The molecule has 0 unspecified atom stereocenters. The summed E-state index contributed by atoms with van der Waals surface area (Å²) in [5.41, 5.74) is 2.86. The number of aryl methyl sites for hydroxylation is 2. The Morgan fingerprint density at radius 3 is 2.56 bits per heavy atom. The first-order chi connectivity index (χ1) is 8.49. The van der Waals surface area contributed by atoms with Crippen LogP contribution in [0.25, 0.3) is 0 Å². The van der Waals surface area contributed by atoms with Gasteiger partial charge in [0, 0.05) is 5.38 Å². The van der Waals surface area contributed by atoms with Crippen molar-refractivity contribution in [2.75, 3.05) is 5.32 Å². The molecule has 2 aromatic heterocycles. The van der Waals surface area contributed by atoms with Gasteiger partial charge < -0.3 is 5.32 Å². The van der Waals surface area contributed by atoms with E-state index in [-0.39, 0.29) is 11.1 Å². The highest BCUT2D eigenvalue weighted by Gasteiger charge is 2.14. The monoisotopic (exact) mass is 300 g/mol. The molecule has 0 bridgehead atoms. The van der Waals surface area contributed by atoms with Gasteiger partial charge in [-0.1, -0.05) is 23.2 Å². The Bertz CT molecular complexity index is 587. The normalized spacial score (nSPS) is 10.4. The average molecular weight is 301 g/mol. The summed E-state index contributed by atoms with van der Waals surface area (Å²) in [5.74, 6) is -0.192. The Balaban J connectivity index is 2.31. The van der Waals surface area contributed by atoms with Gasteiger partial charge in [-0.15, -0.1) is 0 Å². The predicted octanol–water partition coefficient (Wildman–Crippen LogP) is 4.32.